The molecule has 134 valence electrons. The molecular weight excluding hydrogens is 332 g/mol. The lowest BCUT2D eigenvalue weighted by atomic mass is 10.2. The molecule has 8 nitrogen and oxygen atoms in total. The Morgan fingerprint density at radius 1 is 0.800 bits per heavy atom. The topological polar surface area (TPSA) is 123 Å². The van der Waals surface area contributed by atoms with Gasteiger partial charge in [-0.15, -0.1) is 0 Å². The highest BCUT2D eigenvalue weighted by Crippen LogP contribution is 2.26. The number of carbonyl (C=O) groups is 2. The summed E-state index contributed by atoms with van der Waals surface area (Å²) < 4.78 is 14.0. The third kappa shape index (κ3) is 5.31. The fraction of sp³-hybridized carbons (Fsp3) is 0.176. The number of phenolic OH excluding ortho intramolecular Hbond substituents is 2. The summed E-state index contributed by atoms with van der Waals surface area (Å²) in [6, 6.07) is 8.22. The summed E-state index contributed by atoms with van der Waals surface area (Å²) in [4.78, 5) is 21.4. The van der Waals surface area contributed by atoms with Gasteiger partial charge in [0.1, 0.15) is 0 Å². The standard InChI is InChI=1S/C9H10O4.C8H8O4/c1-12-8-4-3-6(5-7(8)10)9(11)13-2;1-12-7-3-2-5(8(10)11)4-6(7)9/h3-5,10H,1-2H3;2-4,9H,1H3,(H,10,11). The number of rotatable bonds is 4. The Bertz CT molecular complexity index is 754. The number of hydrogen-bond acceptors (Lipinski definition) is 7. The van der Waals surface area contributed by atoms with Gasteiger partial charge in [0.2, 0.25) is 0 Å². The molecule has 0 spiro atoms. The minimum atomic E-state index is -1.08. The zero-order valence-electron chi connectivity index (χ0n) is 13.8. The molecule has 0 aromatic heterocycles. The zero-order valence-corrected chi connectivity index (χ0v) is 13.8. The third-order valence-electron chi connectivity index (χ3n) is 3.03. The number of carbonyl (C=O) groups excluding carboxylic acids is 1. The van der Waals surface area contributed by atoms with Gasteiger partial charge in [0.25, 0.3) is 0 Å². The first-order valence-corrected chi connectivity index (χ1v) is 6.89. The SMILES string of the molecule is COC(=O)c1ccc(OC)c(O)c1.COc1ccc(C(=O)O)cc1O. The van der Waals surface area contributed by atoms with Crippen molar-refractivity contribution >= 4 is 11.9 Å². The quantitative estimate of drug-likeness (QED) is 0.718. The van der Waals surface area contributed by atoms with Gasteiger partial charge in [0.15, 0.2) is 23.0 Å². The number of hydrogen-bond donors (Lipinski definition) is 3. The highest BCUT2D eigenvalue weighted by atomic mass is 16.5. The molecule has 0 unspecified atom stereocenters. The number of methoxy groups -OCH3 is 3. The van der Waals surface area contributed by atoms with Crippen molar-refractivity contribution < 1.29 is 39.1 Å². The fourth-order valence-corrected chi connectivity index (χ4v) is 1.76. The van der Waals surface area contributed by atoms with E-state index in [1.54, 1.807) is 0 Å². The van der Waals surface area contributed by atoms with Gasteiger partial charge in [-0.3, -0.25) is 0 Å². The molecule has 0 aliphatic heterocycles. The molecule has 0 atom stereocenters. The van der Waals surface area contributed by atoms with Gasteiger partial charge in [0, 0.05) is 0 Å². The Morgan fingerprint density at radius 3 is 1.60 bits per heavy atom. The predicted molar refractivity (Wildman–Crippen MR) is 87.6 cm³/mol. The van der Waals surface area contributed by atoms with Crippen LogP contribution in [0.15, 0.2) is 36.4 Å². The number of aromatic hydroxyl groups is 2. The molecule has 0 radical (unpaired) electrons. The van der Waals surface area contributed by atoms with E-state index in [0.29, 0.717) is 11.3 Å². The molecule has 2 aromatic rings. The van der Waals surface area contributed by atoms with Crippen LogP contribution in [0.3, 0.4) is 0 Å². The number of benzene rings is 2. The number of aromatic carboxylic acids is 1. The molecule has 0 heterocycles. The van der Waals surface area contributed by atoms with Gasteiger partial charge in [-0.05, 0) is 36.4 Å². The van der Waals surface area contributed by atoms with Crippen molar-refractivity contribution in [2.75, 3.05) is 21.3 Å². The van der Waals surface area contributed by atoms with Crippen molar-refractivity contribution in [2.45, 2.75) is 0 Å². The van der Waals surface area contributed by atoms with Gasteiger partial charge in [0.05, 0.1) is 32.5 Å². The maximum Gasteiger partial charge on any atom is 0.337 e. The van der Waals surface area contributed by atoms with Crippen molar-refractivity contribution in [3.8, 4) is 23.0 Å². The molecule has 25 heavy (non-hydrogen) atoms. The van der Waals surface area contributed by atoms with Crippen LogP contribution in [0.2, 0.25) is 0 Å². The van der Waals surface area contributed by atoms with E-state index in [2.05, 4.69) is 4.74 Å². The number of carboxylic acids is 1. The molecule has 0 amide bonds. The molecular formula is C17H18O8. The van der Waals surface area contributed by atoms with E-state index in [-0.39, 0.29) is 22.8 Å². The molecule has 2 aromatic carbocycles. The summed E-state index contributed by atoms with van der Waals surface area (Å²) in [6.45, 7) is 0. The van der Waals surface area contributed by atoms with E-state index in [0.717, 1.165) is 6.07 Å². The van der Waals surface area contributed by atoms with Crippen LogP contribution in [-0.2, 0) is 4.74 Å². The number of ether oxygens (including phenoxy) is 3. The average Bonchev–Trinajstić information content (AvgIpc) is 2.61. The Labute approximate surface area is 143 Å². The Morgan fingerprint density at radius 2 is 1.24 bits per heavy atom. The first-order valence-electron chi connectivity index (χ1n) is 6.89. The molecule has 0 aliphatic carbocycles. The van der Waals surface area contributed by atoms with Crippen LogP contribution < -0.4 is 9.47 Å². The maximum absolute atomic E-state index is 11.0. The summed E-state index contributed by atoms with van der Waals surface area (Å²) in [5, 5.41) is 27.0. The van der Waals surface area contributed by atoms with E-state index in [9.17, 15) is 14.7 Å². The minimum Gasteiger partial charge on any atom is -0.504 e. The van der Waals surface area contributed by atoms with Gasteiger partial charge >= 0.3 is 11.9 Å². The van der Waals surface area contributed by atoms with Crippen molar-refractivity contribution in [3.63, 3.8) is 0 Å². The smallest absolute Gasteiger partial charge is 0.337 e. The first-order chi connectivity index (χ1) is 11.8. The van der Waals surface area contributed by atoms with E-state index >= 15 is 0 Å². The lowest BCUT2D eigenvalue weighted by Gasteiger charge is -2.04. The van der Waals surface area contributed by atoms with Crippen LogP contribution in [0.1, 0.15) is 20.7 Å². The Kier molecular flexibility index (Phi) is 7.08. The van der Waals surface area contributed by atoms with Crippen LogP contribution in [0.5, 0.6) is 23.0 Å². The van der Waals surface area contributed by atoms with Gasteiger partial charge < -0.3 is 29.5 Å². The molecule has 3 N–H and O–H groups in total. The normalized spacial score (nSPS) is 9.40. The molecule has 2 rings (SSSR count). The van der Waals surface area contributed by atoms with Crippen molar-refractivity contribution in [1.29, 1.82) is 0 Å². The van der Waals surface area contributed by atoms with Crippen molar-refractivity contribution in [2.24, 2.45) is 0 Å². The van der Waals surface area contributed by atoms with E-state index in [1.807, 2.05) is 0 Å². The summed E-state index contributed by atoms with van der Waals surface area (Å²) in [5.74, 6) is -1.22. The molecule has 0 bridgehead atoms. The second-order valence-electron chi connectivity index (χ2n) is 4.57. The second kappa shape index (κ2) is 9.02. The van der Waals surface area contributed by atoms with Crippen molar-refractivity contribution in [1.82, 2.24) is 0 Å². The zero-order chi connectivity index (χ0) is 19.0. The van der Waals surface area contributed by atoms with Crippen LogP contribution in [0.4, 0.5) is 0 Å². The number of esters is 1. The molecule has 0 aliphatic rings. The predicted octanol–water partition coefficient (Wildman–Crippen LogP) is 2.29. The minimum absolute atomic E-state index is 0.0355. The Balaban J connectivity index is 0.000000251. The number of phenols is 2. The highest BCUT2D eigenvalue weighted by molar-refractivity contribution is 5.90. The summed E-state index contributed by atoms with van der Waals surface area (Å²) in [6.07, 6.45) is 0. The van der Waals surface area contributed by atoms with Crippen LogP contribution >= 0.6 is 0 Å². The highest BCUT2D eigenvalue weighted by Gasteiger charge is 2.09. The van der Waals surface area contributed by atoms with Crippen molar-refractivity contribution in [3.05, 3.63) is 47.5 Å². The average molecular weight is 350 g/mol. The first kappa shape index (κ1) is 19.6. The summed E-state index contributed by atoms with van der Waals surface area (Å²) in [5.41, 5.74) is 0.328. The lowest BCUT2D eigenvalue weighted by molar-refractivity contribution is 0.0599. The largest absolute Gasteiger partial charge is 0.504 e. The third-order valence-corrected chi connectivity index (χ3v) is 3.03. The fourth-order valence-electron chi connectivity index (χ4n) is 1.76. The van der Waals surface area contributed by atoms with Gasteiger partial charge in [-0.2, -0.15) is 0 Å². The van der Waals surface area contributed by atoms with E-state index < -0.39 is 11.9 Å². The van der Waals surface area contributed by atoms with Crippen LogP contribution in [0, 0.1) is 0 Å². The molecule has 8 heteroatoms. The monoisotopic (exact) mass is 350 g/mol. The number of carboxylic acid groups (broad SMARTS) is 1. The molecule has 0 saturated heterocycles. The maximum atomic E-state index is 11.0. The summed E-state index contributed by atoms with van der Waals surface area (Å²) >= 11 is 0. The molecule has 0 saturated carbocycles. The van der Waals surface area contributed by atoms with Crippen LogP contribution in [-0.4, -0.2) is 48.6 Å². The van der Waals surface area contributed by atoms with E-state index in [1.165, 1.54) is 51.7 Å². The lowest BCUT2D eigenvalue weighted by Crippen LogP contribution is -2.00. The van der Waals surface area contributed by atoms with E-state index in [4.69, 9.17) is 19.7 Å². The second-order valence-corrected chi connectivity index (χ2v) is 4.57. The van der Waals surface area contributed by atoms with Gasteiger partial charge in [-0.1, -0.05) is 0 Å². The molecule has 0 fully saturated rings. The van der Waals surface area contributed by atoms with Crippen LogP contribution in [0.25, 0.3) is 0 Å². The van der Waals surface area contributed by atoms with Gasteiger partial charge in [-0.25, -0.2) is 9.59 Å². The Hall–Kier alpha value is -3.42. The summed E-state index contributed by atoms with van der Waals surface area (Å²) in [7, 11) is 4.12.